The number of esters is 3. The summed E-state index contributed by atoms with van der Waals surface area (Å²) in [7, 11) is 0. The predicted octanol–water partition coefficient (Wildman–Crippen LogP) is 17.6. The number of aliphatic hydroxyl groups is 1. The highest BCUT2D eigenvalue weighted by Crippen LogP contribution is 2.15. The number of unbranched alkanes of at least 4 members (excludes halogenated alkanes) is 36. The molecule has 0 atom stereocenters. The Balaban J connectivity index is 4.53. The lowest BCUT2D eigenvalue weighted by molar-refractivity contribution is -0.144. The zero-order valence-corrected chi connectivity index (χ0v) is 48.6. The first-order valence-electron chi connectivity index (χ1n) is 32.0. The van der Waals surface area contributed by atoms with E-state index >= 15 is 0 Å². The van der Waals surface area contributed by atoms with Crippen molar-refractivity contribution in [2.45, 2.75) is 323 Å². The van der Waals surface area contributed by atoms with Gasteiger partial charge in [-0.2, -0.15) is 0 Å². The molecule has 0 aromatic rings. The van der Waals surface area contributed by atoms with Crippen LogP contribution in [0, 0.1) is 0 Å². The van der Waals surface area contributed by atoms with Crippen LogP contribution in [0.5, 0.6) is 0 Å². The first kappa shape index (κ1) is 70.3. The van der Waals surface area contributed by atoms with Gasteiger partial charge in [0, 0.05) is 32.4 Å². The zero-order valence-electron chi connectivity index (χ0n) is 48.6. The molecule has 0 aliphatic carbocycles. The molecule has 0 radical (unpaired) electrons. The lowest BCUT2D eigenvalue weighted by Crippen LogP contribution is -2.33. The van der Waals surface area contributed by atoms with Gasteiger partial charge >= 0.3 is 17.9 Å². The molecule has 0 bridgehead atoms. The Morgan fingerprint density at radius 2 is 0.472 bits per heavy atom. The lowest BCUT2D eigenvalue weighted by atomic mass is 10.1. The summed E-state index contributed by atoms with van der Waals surface area (Å²) < 4.78 is 16.6. The second-order valence-electron chi connectivity index (χ2n) is 21.8. The molecule has 0 unspecified atom stereocenters. The Morgan fingerprint density at radius 1 is 0.264 bits per heavy atom. The summed E-state index contributed by atoms with van der Waals surface area (Å²) in [5.41, 5.74) is 0. The fourth-order valence-electron chi connectivity index (χ4n) is 9.90. The minimum atomic E-state index is -0.0375. The van der Waals surface area contributed by atoms with E-state index in [2.05, 4.69) is 30.6 Å². The van der Waals surface area contributed by atoms with Gasteiger partial charge in [-0.3, -0.25) is 14.4 Å². The van der Waals surface area contributed by atoms with Crippen LogP contribution in [0.1, 0.15) is 323 Å². The molecule has 9 nitrogen and oxygen atoms in total. The summed E-state index contributed by atoms with van der Waals surface area (Å²) in [4.78, 5) is 42.2. The first-order chi connectivity index (χ1) is 35.5. The number of rotatable bonds is 61. The molecule has 72 heavy (non-hydrogen) atoms. The highest BCUT2D eigenvalue weighted by molar-refractivity contribution is 5.69. The maximum Gasteiger partial charge on any atom is 0.305 e. The van der Waals surface area contributed by atoms with Gasteiger partial charge < -0.3 is 29.1 Å². The standard InChI is InChI=1S/C63H124N2O7/c1-4-7-10-13-16-19-22-25-34-43-58-70-61(67)48-37-28-31-40-51-64(52-41-32-29-38-49-62(68)71-59-44-35-26-23-20-17-14-11-8-5-2)54-46-55-65(56-47-57-66)53-42-33-30-39-50-63(69)72-60-45-36-27-24-21-18-15-12-9-6-3/h66H,4-60H2,1-3H3. The minimum Gasteiger partial charge on any atom is -0.466 e. The molecular formula is C63H124N2O7. The lowest BCUT2D eigenvalue weighted by Gasteiger charge is -2.26. The Kier molecular flexibility index (Phi) is 58.7. The molecule has 0 heterocycles. The predicted molar refractivity (Wildman–Crippen MR) is 307 cm³/mol. The third-order valence-corrected chi connectivity index (χ3v) is 14.7. The van der Waals surface area contributed by atoms with Crippen molar-refractivity contribution >= 4 is 17.9 Å². The second kappa shape index (κ2) is 60.2. The van der Waals surface area contributed by atoms with Crippen molar-refractivity contribution in [1.82, 2.24) is 9.80 Å². The van der Waals surface area contributed by atoms with Crippen LogP contribution in [0.2, 0.25) is 0 Å². The first-order valence-corrected chi connectivity index (χ1v) is 32.0. The van der Waals surface area contributed by atoms with E-state index in [-0.39, 0.29) is 24.5 Å². The SMILES string of the molecule is CCCCCCCCCCCCOC(=O)CCCCCCN(CCCO)CCCN(CCCCCCC(=O)OCCCCCCCCCCCC)CCCCCCC(=O)OCCCCCCCCCCCC. The van der Waals surface area contributed by atoms with E-state index in [1.54, 1.807) is 0 Å². The fourth-order valence-corrected chi connectivity index (χ4v) is 9.90. The molecule has 0 aliphatic rings. The number of carbonyl (C=O) groups is 3. The molecule has 1 N–H and O–H groups in total. The van der Waals surface area contributed by atoms with Crippen molar-refractivity contribution < 1.29 is 33.7 Å². The number of hydrogen-bond acceptors (Lipinski definition) is 9. The largest absolute Gasteiger partial charge is 0.466 e. The van der Waals surface area contributed by atoms with Crippen molar-refractivity contribution in [1.29, 1.82) is 0 Å². The van der Waals surface area contributed by atoms with Crippen LogP contribution in [0.3, 0.4) is 0 Å². The van der Waals surface area contributed by atoms with Crippen molar-refractivity contribution in [3.05, 3.63) is 0 Å². The minimum absolute atomic E-state index is 0.0321. The Hall–Kier alpha value is -1.71. The van der Waals surface area contributed by atoms with E-state index in [0.717, 1.165) is 168 Å². The third-order valence-electron chi connectivity index (χ3n) is 14.7. The molecule has 428 valence electrons. The maximum absolute atomic E-state index is 12.4. The monoisotopic (exact) mass is 1020 g/mol. The number of hydrogen-bond donors (Lipinski definition) is 1. The van der Waals surface area contributed by atoms with Crippen molar-refractivity contribution in [2.24, 2.45) is 0 Å². The van der Waals surface area contributed by atoms with E-state index in [1.807, 2.05) is 0 Å². The van der Waals surface area contributed by atoms with Crippen LogP contribution in [0.4, 0.5) is 0 Å². The molecule has 0 aromatic carbocycles. The Labute approximate surface area is 448 Å². The summed E-state index contributed by atoms with van der Waals surface area (Å²) in [6.07, 6.45) is 54.6. The van der Waals surface area contributed by atoms with Gasteiger partial charge in [0.05, 0.1) is 19.8 Å². The summed E-state index contributed by atoms with van der Waals surface area (Å²) >= 11 is 0. The van der Waals surface area contributed by atoms with Gasteiger partial charge in [0.25, 0.3) is 0 Å². The number of carbonyl (C=O) groups excluding carboxylic acids is 3. The molecular weight excluding hydrogens is 897 g/mol. The molecule has 0 amide bonds. The van der Waals surface area contributed by atoms with E-state index in [9.17, 15) is 19.5 Å². The molecule has 0 saturated carbocycles. The molecule has 0 saturated heterocycles. The Bertz CT molecular complexity index is 1060. The number of aliphatic hydroxyl groups excluding tert-OH is 1. The quantitative estimate of drug-likeness (QED) is 0.0362. The van der Waals surface area contributed by atoms with Gasteiger partial charge in [-0.1, -0.05) is 233 Å². The van der Waals surface area contributed by atoms with Crippen LogP contribution in [-0.2, 0) is 28.6 Å². The molecule has 9 heteroatoms. The van der Waals surface area contributed by atoms with Gasteiger partial charge in [0.2, 0.25) is 0 Å². The highest BCUT2D eigenvalue weighted by Gasteiger charge is 2.11. The van der Waals surface area contributed by atoms with Gasteiger partial charge in [-0.15, -0.1) is 0 Å². The summed E-state index contributed by atoms with van der Waals surface area (Å²) in [6.45, 7) is 14.9. The van der Waals surface area contributed by atoms with Crippen molar-refractivity contribution in [2.75, 3.05) is 65.7 Å². The molecule has 0 aliphatic heterocycles. The van der Waals surface area contributed by atoms with Crippen LogP contribution in [0.15, 0.2) is 0 Å². The van der Waals surface area contributed by atoms with Crippen LogP contribution in [-0.4, -0.2) is 98.5 Å². The van der Waals surface area contributed by atoms with E-state index in [1.165, 1.54) is 154 Å². The van der Waals surface area contributed by atoms with E-state index in [4.69, 9.17) is 14.2 Å². The average molecular weight is 1020 g/mol. The summed E-state index contributed by atoms with van der Waals surface area (Å²) in [5.74, 6) is -0.102. The van der Waals surface area contributed by atoms with Crippen LogP contribution >= 0.6 is 0 Å². The summed E-state index contributed by atoms with van der Waals surface area (Å²) in [5, 5.41) is 9.64. The average Bonchev–Trinajstić information content (AvgIpc) is 3.38. The van der Waals surface area contributed by atoms with E-state index in [0.29, 0.717) is 39.1 Å². The maximum atomic E-state index is 12.4. The van der Waals surface area contributed by atoms with Crippen molar-refractivity contribution in [3.63, 3.8) is 0 Å². The van der Waals surface area contributed by atoms with Gasteiger partial charge in [0.15, 0.2) is 0 Å². The van der Waals surface area contributed by atoms with Crippen LogP contribution in [0.25, 0.3) is 0 Å². The van der Waals surface area contributed by atoms with Gasteiger partial charge in [-0.05, 0) is 103 Å². The topological polar surface area (TPSA) is 106 Å². The highest BCUT2D eigenvalue weighted by atomic mass is 16.5. The molecule has 0 fully saturated rings. The third kappa shape index (κ3) is 56.0. The molecule has 0 aromatic heterocycles. The molecule has 0 spiro atoms. The summed E-state index contributed by atoms with van der Waals surface area (Å²) in [6, 6.07) is 0. The number of ether oxygens (including phenoxy) is 3. The van der Waals surface area contributed by atoms with E-state index < -0.39 is 0 Å². The van der Waals surface area contributed by atoms with Gasteiger partial charge in [-0.25, -0.2) is 0 Å². The van der Waals surface area contributed by atoms with Crippen molar-refractivity contribution in [3.8, 4) is 0 Å². The second-order valence-corrected chi connectivity index (χ2v) is 21.8. The normalized spacial score (nSPS) is 11.6. The fraction of sp³-hybridized carbons (Fsp3) is 0.952. The van der Waals surface area contributed by atoms with Gasteiger partial charge in [0.1, 0.15) is 0 Å². The Morgan fingerprint density at radius 3 is 0.736 bits per heavy atom. The smallest absolute Gasteiger partial charge is 0.305 e. The number of nitrogens with zero attached hydrogens (tertiary/aromatic N) is 2. The zero-order chi connectivity index (χ0) is 52.3. The van der Waals surface area contributed by atoms with Crippen LogP contribution < -0.4 is 0 Å². The molecule has 0 rings (SSSR count).